The summed E-state index contributed by atoms with van der Waals surface area (Å²) in [6.45, 7) is 18.0. The number of nitrogens with zero attached hydrogens (tertiary/aromatic N) is 2. The first kappa shape index (κ1) is 31.7. The molecule has 1 N–H and O–H groups in total. The first-order chi connectivity index (χ1) is 18.1. The number of carbonyl (C=O) groups excluding carboxylic acids is 2. The molecule has 0 radical (unpaired) electrons. The van der Waals surface area contributed by atoms with E-state index in [0.29, 0.717) is 45.1 Å². The molecule has 0 bridgehead atoms. The number of anilines is 1. The summed E-state index contributed by atoms with van der Waals surface area (Å²) >= 11 is 0. The van der Waals surface area contributed by atoms with Gasteiger partial charge in [0.05, 0.1) is 32.8 Å². The maximum Gasteiger partial charge on any atom is 0.238 e. The fourth-order valence-electron chi connectivity index (χ4n) is 5.04. The van der Waals surface area contributed by atoms with Crippen LogP contribution in [0.25, 0.3) is 0 Å². The molecule has 0 fully saturated rings. The van der Waals surface area contributed by atoms with Gasteiger partial charge in [0.2, 0.25) is 5.91 Å². The number of amides is 1. The van der Waals surface area contributed by atoms with Crippen molar-refractivity contribution in [1.82, 2.24) is 4.90 Å². The van der Waals surface area contributed by atoms with Crippen LogP contribution in [0, 0.1) is 27.7 Å². The molecule has 6 nitrogen and oxygen atoms in total. The number of unbranched alkanes of at least 4 members (excludes halogenated alkanes) is 1. The van der Waals surface area contributed by atoms with Crippen molar-refractivity contribution in [2.75, 3.05) is 64.8 Å². The minimum absolute atomic E-state index is 0.0199. The highest BCUT2D eigenvalue weighted by Crippen LogP contribution is 2.19. The fraction of sp³-hybridized carbons (Fsp3) is 0.562. The minimum Gasteiger partial charge on any atom is -0.374 e. The number of likely N-dealkylation sites (N-methyl/N-ethyl adjacent to an activating group) is 2. The Morgan fingerprint density at radius 1 is 0.895 bits per heavy atom. The van der Waals surface area contributed by atoms with Gasteiger partial charge in [-0.1, -0.05) is 49.7 Å². The zero-order valence-electron chi connectivity index (χ0n) is 24.9. The van der Waals surface area contributed by atoms with E-state index >= 15 is 0 Å². The molecular weight excluding hydrogens is 474 g/mol. The van der Waals surface area contributed by atoms with Gasteiger partial charge in [0, 0.05) is 18.7 Å². The zero-order valence-corrected chi connectivity index (χ0v) is 24.9. The van der Waals surface area contributed by atoms with Crippen LogP contribution >= 0.6 is 0 Å². The standard InChI is InChI=1S/C32H49N3O3/c1-8-10-18-35(9-2,24-29(36)22-30-25(3)13-11-14-26(30)4)19-21-38-20-17-34(7)23-31(37)33-32-27(5)15-12-16-28(32)6/h11-16H,8-10,17-24H2,1-7H3/p+1. The Kier molecular flexibility index (Phi) is 13.1. The lowest BCUT2D eigenvalue weighted by Crippen LogP contribution is -2.53. The molecule has 2 rings (SSSR count). The summed E-state index contributed by atoms with van der Waals surface area (Å²) < 4.78 is 6.79. The molecule has 1 amide bonds. The van der Waals surface area contributed by atoms with Gasteiger partial charge >= 0.3 is 0 Å². The molecule has 1 atom stereocenters. The second-order valence-electron chi connectivity index (χ2n) is 10.9. The Morgan fingerprint density at radius 2 is 1.50 bits per heavy atom. The van der Waals surface area contributed by atoms with E-state index in [9.17, 15) is 9.59 Å². The van der Waals surface area contributed by atoms with Gasteiger partial charge in [-0.2, -0.15) is 0 Å². The summed E-state index contributed by atoms with van der Waals surface area (Å²) in [5.74, 6) is 0.281. The smallest absolute Gasteiger partial charge is 0.238 e. The van der Waals surface area contributed by atoms with Gasteiger partial charge in [-0.25, -0.2) is 0 Å². The molecule has 0 aliphatic rings. The Balaban J connectivity index is 1.83. The minimum atomic E-state index is -0.0199. The topological polar surface area (TPSA) is 58.6 Å². The first-order valence-electron chi connectivity index (χ1n) is 14.1. The molecule has 1 unspecified atom stereocenters. The summed E-state index contributed by atoms with van der Waals surface area (Å²) in [6, 6.07) is 12.2. The highest BCUT2D eigenvalue weighted by atomic mass is 16.5. The van der Waals surface area contributed by atoms with Crippen LogP contribution in [-0.4, -0.2) is 80.6 Å². The third kappa shape index (κ3) is 9.97. The predicted molar refractivity (Wildman–Crippen MR) is 158 cm³/mol. The predicted octanol–water partition coefficient (Wildman–Crippen LogP) is 5.26. The van der Waals surface area contributed by atoms with Crippen molar-refractivity contribution in [1.29, 1.82) is 0 Å². The Bertz CT molecular complexity index is 1010. The largest absolute Gasteiger partial charge is 0.374 e. The lowest BCUT2D eigenvalue weighted by molar-refractivity contribution is -0.919. The highest BCUT2D eigenvalue weighted by Gasteiger charge is 2.28. The Labute approximate surface area is 231 Å². The van der Waals surface area contributed by atoms with Crippen LogP contribution in [0.5, 0.6) is 0 Å². The van der Waals surface area contributed by atoms with Crippen LogP contribution in [-0.2, 0) is 20.7 Å². The number of rotatable bonds is 17. The maximum absolute atomic E-state index is 13.2. The second-order valence-corrected chi connectivity index (χ2v) is 10.9. The molecule has 0 saturated carbocycles. The van der Waals surface area contributed by atoms with Crippen LogP contribution in [0.15, 0.2) is 36.4 Å². The van der Waals surface area contributed by atoms with Crippen LogP contribution in [0.4, 0.5) is 5.69 Å². The monoisotopic (exact) mass is 524 g/mol. The maximum atomic E-state index is 13.2. The quantitative estimate of drug-likeness (QED) is 0.227. The van der Waals surface area contributed by atoms with Gasteiger partial charge in [0.15, 0.2) is 5.78 Å². The van der Waals surface area contributed by atoms with E-state index < -0.39 is 0 Å². The summed E-state index contributed by atoms with van der Waals surface area (Å²) in [4.78, 5) is 27.7. The number of carbonyl (C=O) groups is 2. The number of quaternary nitrogens is 1. The van der Waals surface area contributed by atoms with E-state index in [-0.39, 0.29) is 5.91 Å². The number of ether oxygens (including phenoxy) is 1. The lowest BCUT2D eigenvalue weighted by atomic mass is 9.97. The van der Waals surface area contributed by atoms with Crippen molar-refractivity contribution in [3.63, 3.8) is 0 Å². The molecule has 2 aromatic carbocycles. The fourth-order valence-corrected chi connectivity index (χ4v) is 5.04. The molecule has 0 heterocycles. The van der Waals surface area contributed by atoms with Gasteiger partial charge in [-0.05, 0) is 75.9 Å². The molecule has 0 spiro atoms. The average Bonchev–Trinajstić information content (AvgIpc) is 2.86. The van der Waals surface area contributed by atoms with Crippen molar-refractivity contribution in [3.8, 4) is 0 Å². The van der Waals surface area contributed by atoms with Crippen LogP contribution < -0.4 is 5.32 Å². The number of ketones is 1. The summed E-state index contributed by atoms with van der Waals surface area (Å²) in [5.41, 5.74) is 6.58. The molecular formula is C32H50N3O3+. The van der Waals surface area contributed by atoms with E-state index in [1.54, 1.807) is 0 Å². The number of hydrogen-bond acceptors (Lipinski definition) is 4. The summed E-state index contributed by atoms with van der Waals surface area (Å²) in [6.07, 6.45) is 2.71. The number of hydrogen-bond donors (Lipinski definition) is 1. The Hall–Kier alpha value is -2.54. The second kappa shape index (κ2) is 15.8. The molecule has 0 saturated heterocycles. The summed E-state index contributed by atoms with van der Waals surface area (Å²) in [5, 5.41) is 3.04. The third-order valence-corrected chi connectivity index (χ3v) is 7.67. The number of aryl methyl sites for hydroxylation is 4. The van der Waals surface area contributed by atoms with Crippen LogP contribution in [0.1, 0.15) is 54.5 Å². The highest BCUT2D eigenvalue weighted by molar-refractivity contribution is 5.93. The van der Waals surface area contributed by atoms with Crippen molar-refractivity contribution in [3.05, 3.63) is 64.2 Å². The average molecular weight is 525 g/mol. The molecule has 2 aromatic rings. The van der Waals surface area contributed by atoms with Gasteiger partial charge in [0.1, 0.15) is 13.1 Å². The number of benzene rings is 2. The van der Waals surface area contributed by atoms with E-state index in [1.165, 1.54) is 16.7 Å². The van der Waals surface area contributed by atoms with Gasteiger partial charge < -0.3 is 14.5 Å². The Morgan fingerprint density at radius 3 is 2.08 bits per heavy atom. The normalized spacial score (nSPS) is 12.9. The summed E-state index contributed by atoms with van der Waals surface area (Å²) in [7, 11) is 1.94. The number of nitrogens with one attached hydrogen (secondary N) is 1. The van der Waals surface area contributed by atoms with E-state index in [1.807, 2.05) is 44.0 Å². The van der Waals surface area contributed by atoms with Crippen LogP contribution in [0.2, 0.25) is 0 Å². The lowest BCUT2D eigenvalue weighted by Gasteiger charge is -2.37. The van der Waals surface area contributed by atoms with Crippen molar-refractivity contribution < 1.29 is 18.8 Å². The van der Waals surface area contributed by atoms with Crippen molar-refractivity contribution >= 4 is 17.4 Å². The third-order valence-electron chi connectivity index (χ3n) is 7.67. The zero-order chi connectivity index (χ0) is 28.1. The van der Waals surface area contributed by atoms with E-state index in [0.717, 1.165) is 53.8 Å². The first-order valence-corrected chi connectivity index (χ1v) is 14.1. The van der Waals surface area contributed by atoms with Crippen molar-refractivity contribution in [2.45, 2.75) is 60.8 Å². The number of para-hydroxylation sites is 1. The van der Waals surface area contributed by atoms with Crippen molar-refractivity contribution in [2.24, 2.45) is 0 Å². The van der Waals surface area contributed by atoms with Crippen LogP contribution in [0.3, 0.4) is 0 Å². The molecule has 38 heavy (non-hydrogen) atoms. The van der Waals surface area contributed by atoms with Gasteiger partial charge in [-0.15, -0.1) is 0 Å². The molecule has 210 valence electrons. The van der Waals surface area contributed by atoms with E-state index in [2.05, 4.69) is 51.2 Å². The van der Waals surface area contributed by atoms with Gasteiger partial charge in [0.25, 0.3) is 0 Å². The van der Waals surface area contributed by atoms with Gasteiger partial charge in [-0.3, -0.25) is 14.5 Å². The molecule has 0 aliphatic heterocycles. The molecule has 0 aromatic heterocycles. The molecule has 0 aliphatic carbocycles. The molecule has 6 heteroatoms. The number of Topliss-reactive ketones (excluding diaryl/α,β-unsaturated/α-hetero) is 1. The van der Waals surface area contributed by atoms with E-state index in [4.69, 9.17) is 4.74 Å². The SMILES string of the molecule is CCCC[N+](CC)(CCOCCN(C)CC(=O)Nc1c(C)cccc1C)CC(=O)Cc1c(C)cccc1C.